The van der Waals surface area contributed by atoms with Gasteiger partial charge in [0.1, 0.15) is 6.10 Å². The van der Waals surface area contributed by atoms with Crippen molar-refractivity contribution in [3.05, 3.63) is 29.3 Å². The minimum atomic E-state index is -2.84. The molecule has 19 heavy (non-hydrogen) atoms. The van der Waals surface area contributed by atoms with E-state index in [2.05, 4.69) is 0 Å². The average Bonchev–Trinajstić information content (AvgIpc) is 2.52. The lowest BCUT2D eigenvalue weighted by Gasteiger charge is -2.25. The van der Waals surface area contributed by atoms with Crippen molar-refractivity contribution in [1.29, 1.82) is 0 Å². The van der Waals surface area contributed by atoms with Crippen LogP contribution in [0.5, 0.6) is 0 Å². The molecule has 3 nitrogen and oxygen atoms in total. The number of carbonyl (C=O) groups excluding carboxylic acids is 1. The highest BCUT2D eigenvalue weighted by Crippen LogP contribution is 2.44. The smallest absolute Gasteiger partial charge is 0.264 e. The third-order valence-corrected chi connectivity index (χ3v) is 3.79. The standard InChI is InChI=1S/C14H17F2NO2/c1-8-4-5-9-10(6-8)17(3)13(19)14(9,2)7-11(18)12(15)16/h4-6,11-12,18H,7H2,1-3H3. The molecule has 2 rings (SSSR count). The molecule has 1 aliphatic rings. The first-order valence-corrected chi connectivity index (χ1v) is 6.13. The number of carbonyl (C=O) groups is 1. The third kappa shape index (κ3) is 2.12. The van der Waals surface area contributed by atoms with Gasteiger partial charge in [-0.15, -0.1) is 0 Å². The quantitative estimate of drug-likeness (QED) is 0.914. The number of anilines is 1. The number of halogens is 2. The second kappa shape index (κ2) is 4.56. The van der Waals surface area contributed by atoms with Crippen LogP contribution in [-0.4, -0.2) is 30.6 Å². The lowest BCUT2D eigenvalue weighted by atomic mass is 9.78. The molecule has 0 fully saturated rings. The molecule has 1 aromatic carbocycles. The third-order valence-electron chi connectivity index (χ3n) is 3.79. The van der Waals surface area contributed by atoms with Crippen LogP contribution in [0.3, 0.4) is 0 Å². The molecule has 2 atom stereocenters. The highest BCUT2D eigenvalue weighted by atomic mass is 19.3. The fraction of sp³-hybridized carbons (Fsp3) is 0.500. The molecule has 2 unspecified atom stereocenters. The van der Waals surface area contributed by atoms with Crippen molar-refractivity contribution in [2.24, 2.45) is 0 Å². The molecule has 1 aliphatic heterocycles. The number of alkyl halides is 2. The van der Waals surface area contributed by atoms with Gasteiger partial charge in [0.25, 0.3) is 6.43 Å². The maximum atomic E-state index is 12.5. The van der Waals surface area contributed by atoms with Gasteiger partial charge >= 0.3 is 0 Å². The van der Waals surface area contributed by atoms with Crippen molar-refractivity contribution in [2.45, 2.75) is 38.2 Å². The van der Waals surface area contributed by atoms with Gasteiger partial charge < -0.3 is 10.0 Å². The molecule has 5 heteroatoms. The van der Waals surface area contributed by atoms with Crippen LogP contribution in [0.4, 0.5) is 14.5 Å². The van der Waals surface area contributed by atoms with Gasteiger partial charge in [-0.3, -0.25) is 4.79 Å². The zero-order valence-electron chi connectivity index (χ0n) is 11.2. The average molecular weight is 269 g/mol. The van der Waals surface area contributed by atoms with E-state index in [0.29, 0.717) is 5.56 Å². The summed E-state index contributed by atoms with van der Waals surface area (Å²) in [6.45, 7) is 3.51. The maximum Gasteiger partial charge on any atom is 0.264 e. The van der Waals surface area contributed by atoms with Crippen molar-refractivity contribution in [1.82, 2.24) is 0 Å². The van der Waals surface area contributed by atoms with Crippen LogP contribution >= 0.6 is 0 Å². The molecular formula is C14H17F2NO2. The summed E-state index contributed by atoms with van der Waals surface area (Å²) in [7, 11) is 1.63. The summed E-state index contributed by atoms with van der Waals surface area (Å²) in [6, 6.07) is 5.48. The van der Waals surface area contributed by atoms with Crippen LogP contribution in [0.25, 0.3) is 0 Å². The number of fused-ring (bicyclic) bond motifs is 1. The Morgan fingerprint density at radius 3 is 2.63 bits per heavy atom. The van der Waals surface area contributed by atoms with Crippen LogP contribution in [-0.2, 0) is 10.2 Å². The van der Waals surface area contributed by atoms with Gasteiger partial charge in [0.2, 0.25) is 5.91 Å². The van der Waals surface area contributed by atoms with Gasteiger partial charge in [0.05, 0.1) is 5.41 Å². The van der Waals surface area contributed by atoms with E-state index in [-0.39, 0.29) is 12.3 Å². The van der Waals surface area contributed by atoms with Crippen molar-refractivity contribution in [3.8, 4) is 0 Å². The van der Waals surface area contributed by atoms with Crippen molar-refractivity contribution < 1.29 is 18.7 Å². The van der Waals surface area contributed by atoms with Crippen LogP contribution in [0.2, 0.25) is 0 Å². The molecule has 0 radical (unpaired) electrons. The van der Waals surface area contributed by atoms with E-state index in [1.165, 1.54) is 4.90 Å². The molecule has 1 N–H and O–H groups in total. The van der Waals surface area contributed by atoms with Crippen molar-refractivity contribution in [2.75, 3.05) is 11.9 Å². The molecule has 1 heterocycles. The molecule has 0 aromatic heterocycles. The first kappa shape index (κ1) is 13.9. The molecule has 0 saturated heterocycles. The van der Waals surface area contributed by atoms with E-state index < -0.39 is 17.9 Å². The Morgan fingerprint density at radius 2 is 2.05 bits per heavy atom. The zero-order chi connectivity index (χ0) is 14.4. The first-order chi connectivity index (χ1) is 8.77. The predicted molar refractivity (Wildman–Crippen MR) is 68.6 cm³/mol. The number of aliphatic hydroxyl groups is 1. The molecular weight excluding hydrogens is 252 g/mol. The summed E-state index contributed by atoms with van der Waals surface area (Å²) in [5.74, 6) is -0.257. The number of benzene rings is 1. The Bertz CT molecular complexity index is 518. The maximum absolute atomic E-state index is 12.5. The van der Waals surface area contributed by atoms with E-state index >= 15 is 0 Å². The van der Waals surface area contributed by atoms with E-state index in [4.69, 9.17) is 0 Å². The fourth-order valence-electron chi connectivity index (χ4n) is 2.69. The number of likely N-dealkylation sites (N-methyl/N-ethyl adjacent to an activating group) is 1. The number of amides is 1. The largest absolute Gasteiger partial charge is 0.387 e. The lowest BCUT2D eigenvalue weighted by Crippen LogP contribution is -2.40. The SMILES string of the molecule is Cc1ccc2c(c1)N(C)C(=O)C2(C)CC(O)C(F)F. The number of hydrogen-bond donors (Lipinski definition) is 1. The van der Waals surface area contributed by atoms with Crippen molar-refractivity contribution >= 4 is 11.6 Å². The topological polar surface area (TPSA) is 40.5 Å². The lowest BCUT2D eigenvalue weighted by molar-refractivity contribution is -0.124. The monoisotopic (exact) mass is 269 g/mol. The summed E-state index contributed by atoms with van der Waals surface area (Å²) in [6.07, 6.45) is -4.91. The Balaban J connectivity index is 2.45. The molecule has 1 aromatic rings. The molecule has 1 amide bonds. The number of hydrogen-bond acceptors (Lipinski definition) is 2. The minimum Gasteiger partial charge on any atom is -0.387 e. The van der Waals surface area contributed by atoms with Gasteiger partial charge in [-0.1, -0.05) is 12.1 Å². The molecule has 0 aliphatic carbocycles. The van der Waals surface area contributed by atoms with E-state index in [0.717, 1.165) is 11.3 Å². The second-order valence-electron chi connectivity index (χ2n) is 5.32. The predicted octanol–water partition coefficient (Wildman–Crippen LogP) is 2.25. The highest BCUT2D eigenvalue weighted by molar-refractivity contribution is 6.07. The number of rotatable bonds is 3. The van der Waals surface area contributed by atoms with E-state index in [9.17, 15) is 18.7 Å². The highest BCUT2D eigenvalue weighted by Gasteiger charge is 2.47. The number of aliphatic hydroxyl groups excluding tert-OH is 1. The molecule has 0 bridgehead atoms. The van der Waals surface area contributed by atoms with Gasteiger partial charge in [0, 0.05) is 12.7 Å². The summed E-state index contributed by atoms with van der Waals surface area (Å²) < 4.78 is 25.1. The fourth-order valence-corrected chi connectivity index (χ4v) is 2.69. The summed E-state index contributed by atoms with van der Waals surface area (Å²) in [5, 5.41) is 9.42. The normalized spacial score (nSPS) is 23.9. The van der Waals surface area contributed by atoms with Crippen LogP contribution < -0.4 is 4.90 Å². The minimum absolute atomic E-state index is 0.257. The van der Waals surface area contributed by atoms with Gasteiger partial charge in [-0.05, 0) is 37.5 Å². The Labute approximate surface area is 110 Å². The summed E-state index contributed by atoms with van der Waals surface area (Å²) in [5.41, 5.74) is 1.34. The summed E-state index contributed by atoms with van der Waals surface area (Å²) >= 11 is 0. The van der Waals surface area contributed by atoms with Gasteiger partial charge in [0.15, 0.2) is 0 Å². The van der Waals surface area contributed by atoms with Gasteiger partial charge in [-0.2, -0.15) is 0 Å². The van der Waals surface area contributed by atoms with E-state index in [1.807, 2.05) is 19.1 Å². The van der Waals surface area contributed by atoms with Gasteiger partial charge in [-0.25, -0.2) is 8.78 Å². The van der Waals surface area contributed by atoms with E-state index in [1.54, 1.807) is 20.0 Å². The zero-order valence-corrected chi connectivity index (χ0v) is 11.2. The molecule has 0 saturated carbocycles. The summed E-state index contributed by atoms with van der Waals surface area (Å²) in [4.78, 5) is 13.8. The molecule has 0 spiro atoms. The number of aryl methyl sites for hydroxylation is 1. The van der Waals surface area contributed by atoms with Crippen LogP contribution in [0.1, 0.15) is 24.5 Å². The van der Waals surface area contributed by atoms with Crippen LogP contribution in [0.15, 0.2) is 18.2 Å². The Kier molecular flexibility index (Phi) is 3.34. The Morgan fingerprint density at radius 1 is 1.42 bits per heavy atom. The number of nitrogens with zero attached hydrogens (tertiary/aromatic N) is 1. The second-order valence-corrected chi connectivity index (χ2v) is 5.32. The van der Waals surface area contributed by atoms with Crippen molar-refractivity contribution in [3.63, 3.8) is 0 Å². The molecule has 104 valence electrons. The first-order valence-electron chi connectivity index (χ1n) is 6.13. The van der Waals surface area contributed by atoms with Crippen LogP contribution in [0, 0.1) is 6.92 Å². The Hall–Kier alpha value is -1.49.